The monoisotopic (exact) mass is 385 g/mol. The summed E-state index contributed by atoms with van der Waals surface area (Å²) in [6, 6.07) is 3.94. The first-order valence-corrected chi connectivity index (χ1v) is 11.7. The van der Waals surface area contributed by atoms with Crippen LogP contribution in [0.4, 0.5) is 4.39 Å². The Kier molecular flexibility index (Phi) is 5.76. The second-order valence-corrected chi connectivity index (χ2v) is 13.1. The van der Waals surface area contributed by atoms with Gasteiger partial charge in [-0.3, -0.25) is 14.5 Å². The number of piperidine rings is 1. The smallest absolute Gasteiger partial charge is 0.257 e. The Labute approximate surface area is 154 Å². The predicted molar refractivity (Wildman–Crippen MR) is 98.3 cm³/mol. The van der Waals surface area contributed by atoms with Crippen molar-refractivity contribution in [2.45, 2.75) is 64.4 Å². The molecular formula is C18H25ClFNO3Si. The molecular weight excluding hydrogens is 361 g/mol. The van der Waals surface area contributed by atoms with Crippen molar-refractivity contribution in [3.63, 3.8) is 0 Å². The number of imide groups is 1. The van der Waals surface area contributed by atoms with Gasteiger partial charge in [-0.05, 0) is 42.2 Å². The summed E-state index contributed by atoms with van der Waals surface area (Å²) in [6.07, 6.45) is 0.0413. The van der Waals surface area contributed by atoms with E-state index in [0.29, 0.717) is 12.0 Å². The zero-order valence-corrected chi connectivity index (χ0v) is 17.1. The van der Waals surface area contributed by atoms with Crippen LogP contribution in [0.2, 0.25) is 23.2 Å². The van der Waals surface area contributed by atoms with Gasteiger partial charge in [0.1, 0.15) is 11.9 Å². The molecule has 0 bridgehead atoms. The second-order valence-electron chi connectivity index (χ2n) is 7.96. The summed E-state index contributed by atoms with van der Waals surface area (Å²) in [6.45, 7) is 10.5. The van der Waals surface area contributed by atoms with Crippen LogP contribution in [-0.4, -0.2) is 31.1 Å². The molecule has 0 aromatic heterocycles. The zero-order chi connectivity index (χ0) is 19.0. The van der Waals surface area contributed by atoms with Crippen LogP contribution in [0.1, 0.15) is 39.2 Å². The van der Waals surface area contributed by atoms with Crippen LogP contribution in [0.25, 0.3) is 0 Å². The van der Waals surface area contributed by atoms with E-state index in [1.54, 1.807) is 0 Å². The second kappa shape index (κ2) is 7.17. The molecule has 1 aromatic carbocycles. The Morgan fingerprint density at radius 2 is 1.96 bits per heavy atom. The summed E-state index contributed by atoms with van der Waals surface area (Å²) in [5, 5.41) is 0.174. The van der Waals surface area contributed by atoms with Gasteiger partial charge in [0.15, 0.2) is 8.32 Å². The Morgan fingerprint density at radius 1 is 1.32 bits per heavy atom. The third-order valence-corrected chi connectivity index (χ3v) is 9.89. The number of amides is 2. The lowest BCUT2D eigenvalue weighted by atomic mass is 10.1. The number of rotatable bonds is 4. The van der Waals surface area contributed by atoms with E-state index in [2.05, 4.69) is 33.9 Å². The van der Waals surface area contributed by atoms with Crippen molar-refractivity contribution in [3.8, 4) is 0 Å². The first-order valence-electron chi connectivity index (χ1n) is 8.38. The molecule has 1 heterocycles. The molecule has 0 spiro atoms. The molecule has 1 atom stereocenters. The topological polar surface area (TPSA) is 46.6 Å². The normalized spacial score (nSPS) is 19.5. The minimum Gasteiger partial charge on any atom is -0.405 e. The van der Waals surface area contributed by atoms with Crippen molar-refractivity contribution in [2.24, 2.45) is 0 Å². The summed E-state index contributed by atoms with van der Waals surface area (Å²) in [4.78, 5) is 26.2. The molecule has 138 valence electrons. The lowest BCUT2D eigenvalue weighted by Gasteiger charge is -2.41. The van der Waals surface area contributed by atoms with E-state index in [4.69, 9.17) is 16.0 Å². The Hall–Kier alpha value is -1.24. The van der Waals surface area contributed by atoms with E-state index in [1.807, 2.05) is 0 Å². The van der Waals surface area contributed by atoms with Crippen molar-refractivity contribution in [2.75, 3.05) is 0 Å². The molecule has 7 heteroatoms. The lowest BCUT2D eigenvalue weighted by Crippen LogP contribution is -2.53. The minimum atomic E-state index is -2.13. The number of carbonyl (C=O) groups excluding carboxylic acids is 2. The van der Waals surface area contributed by atoms with Crippen LogP contribution in [0.5, 0.6) is 0 Å². The van der Waals surface area contributed by atoms with Crippen molar-refractivity contribution in [3.05, 3.63) is 34.6 Å². The summed E-state index contributed by atoms with van der Waals surface area (Å²) in [5.74, 6) is -1.04. The number of hydrogen-bond acceptors (Lipinski definition) is 3. The summed E-state index contributed by atoms with van der Waals surface area (Å²) >= 11 is 6.03. The quantitative estimate of drug-likeness (QED) is 0.565. The third kappa shape index (κ3) is 4.48. The predicted octanol–water partition coefficient (Wildman–Crippen LogP) is 4.52. The van der Waals surface area contributed by atoms with Gasteiger partial charge in [-0.25, -0.2) is 4.39 Å². The average molecular weight is 386 g/mol. The van der Waals surface area contributed by atoms with E-state index in [-0.39, 0.29) is 34.8 Å². The van der Waals surface area contributed by atoms with E-state index >= 15 is 0 Å². The molecule has 0 N–H and O–H groups in total. The van der Waals surface area contributed by atoms with Gasteiger partial charge in [0, 0.05) is 11.4 Å². The first kappa shape index (κ1) is 20.1. The Morgan fingerprint density at radius 3 is 2.52 bits per heavy atom. The summed E-state index contributed by atoms with van der Waals surface area (Å²) < 4.78 is 19.4. The van der Waals surface area contributed by atoms with E-state index < -0.39 is 20.2 Å². The molecule has 4 nitrogen and oxygen atoms in total. The fourth-order valence-electron chi connectivity index (χ4n) is 2.44. The van der Waals surface area contributed by atoms with Gasteiger partial charge in [-0.1, -0.05) is 38.4 Å². The summed E-state index contributed by atoms with van der Waals surface area (Å²) in [7, 11) is -2.13. The standard InChI is InChI=1S/C18H25ClFNO3Si/c1-18(2,3)25(4,5)24-15-8-9-16(22)21(17(15)23)11-12-6-7-13(20)10-14(12)19/h6-7,10,15H,8-9,11H2,1-5H3. The van der Waals surface area contributed by atoms with Gasteiger partial charge in [0.25, 0.3) is 5.91 Å². The number of likely N-dealkylation sites (tertiary alicyclic amines) is 1. The Bertz CT molecular complexity index is 687. The highest BCUT2D eigenvalue weighted by molar-refractivity contribution is 6.74. The van der Waals surface area contributed by atoms with Crippen molar-refractivity contribution < 1.29 is 18.4 Å². The van der Waals surface area contributed by atoms with Gasteiger partial charge >= 0.3 is 0 Å². The van der Waals surface area contributed by atoms with Crippen molar-refractivity contribution >= 4 is 31.7 Å². The number of carbonyl (C=O) groups is 2. The Balaban J connectivity index is 2.18. The van der Waals surface area contributed by atoms with Crippen LogP contribution in [-0.2, 0) is 20.6 Å². The van der Waals surface area contributed by atoms with Gasteiger partial charge in [-0.2, -0.15) is 0 Å². The highest BCUT2D eigenvalue weighted by Crippen LogP contribution is 2.38. The molecule has 1 aliphatic heterocycles. The maximum absolute atomic E-state index is 13.2. The largest absolute Gasteiger partial charge is 0.405 e. The third-order valence-electron chi connectivity index (χ3n) is 5.05. The highest BCUT2D eigenvalue weighted by atomic mass is 35.5. The van der Waals surface area contributed by atoms with Crippen LogP contribution in [0.3, 0.4) is 0 Å². The number of hydrogen-bond donors (Lipinski definition) is 0. The van der Waals surface area contributed by atoms with Gasteiger partial charge in [0.05, 0.1) is 6.54 Å². The SMILES string of the molecule is CC(C)(C)[Si](C)(C)OC1CCC(=O)N(Cc2ccc(F)cc2Cl)C1=O. The zero-order valence-electron chi connectivity index (χ0n) is 15.4. The maximum Gasteiger partial charge on any atom is 0.257 e. The molecule has 25 heavy (non-hydrogen) atoms. The van der Waals surface area contributed by atoms with Crippen molar-refractivity contribution in [1.82, 2.24) is 4.90 Å². The average Bonchev–Trinajstić information content (AvgIpc) is 2.47. The molecule has 2 rings (SSSR count). The van der Waals surface area contributed by atoms with Gasteiger partial charge in [0.2, 0.25) is 5.91 Å². The minimum absolute atomic E-state index is 0.0279. The molecule has 0 radical (unpaired) electrons. The fourth-order valence-corrected chi connectivity index (χ4v) is 3.95. The molecule has 1 unspecified atom stereocenters. The van der Waals surface area contributed by atoms with Gasteiger partial charge < -0.3 is 4.43 Å². The highest BCUT2D eigenvalue weighted by Gasteiger charge is 2.44. The van der Waals surface area contributed by atoms with Crippen molar-refractivity contribution in [1.29, 1.82) is 0 Å². The van der Waals surface area contributed by atoms with Crippen LogP contribution in [0.15, 0.2) is 18.2 Å². The molecule has 1 fully saturated rings. The lowest BCUT2D eigenvalue weighted by molar-refractivity contribution is -0.155. The fraction of sp³-hybridized carbons (Fsp3) is 0.556. The van der Waals surface area contributed by atoms with Gasteiger partial charge in [-0.15, -0.1) is 0 Å². The van der Waals surface area contributed by atoms with E-state index in [9.17, 15) is 14.0 Å². The number of benzene rings is 1. The molecule has 0 saturated carbocycles. The molecule has 1 saturated heterocycles. The molecule has 0 aliphatic carbocycles. The number of halogens is 2. The van der Waals surface area contributed by atoms with Crippen LogP contribution in [0, 0.1) is 5.82 Å². The van der Waals surface area contributed by atoms with Crippen LogP contribution < -0.4 is 0 Å². The van der Waals surface area contributed by atoms with Crippen LogP contribution >= 0.6 is 11.6 Å². The van der Waals surface area contributed by atoms with E-state index in [0.717, 1.165) is 0 Å². The summed E-state index contributed by atoms with van der Waals surface area (Å²) in [5.41, 5.74) is 0.540. The first-order chi connectivity index (χ1) is 11.4. The molecule has 2 amide bonds. The number of nitrogens with zero attached hydrogens (tertiary/aromatic N) is 1. The maximum atomic E-state index is 13.2. The molecule has 1 aromatic rings. The molecule has 1 aliphatic rings. The van der Waals surface area contributed by atoms with E-state index in [1.165, 1.54) is 23.1 Å².